The van der Waals surface area contributed by atoms with Crippen LogP contribution in [0.4, 0.5) is 0 Å². The third kappa shape index (κ3) is 2.65. The number of nitrogens with zero attached hydrogens (tertiary/aromatic N) is 1. The molecule has 1 aromatic heterocycles. The maximum atomic E-state index is 11.4. The zero-order chi connectivity index (χ0) is 15.0. The Morgan fingerprint density at radius 3 is 3.00 bits per heavy atom. The molecule has 0 radical (unpaired) electrons. The summed E-state index contributed by atoms with van der Waals surface area (Å²) in [5.41, 5.74) is 2.06. The molecular formula is C16H17NO3S. The van der Waals surface area contributed by atoms with Gasteiger partial charge in [-0.1, -0.05) is 0 Å². The molecule has 0 N–H and O–H groups in total. The van der Waals surface area contributed by atoms with Crippen LogP contribution in [0.15, 0.2) is 18.3 Å². The molecule has 0 spiro atoms. The number of benzene rings is 1. The Hall–Kier alpha value is -1.88. The summed E-state index contributed by atoms with van der Waals surface area (Å²) in [7, 11) is 0. The van der Waals surface area contributed by atoms with Crippen LogP contribution in [0.3, 0.4) is 0 Å². The summed E-state index contributed by atoms with van der Waals surface area (Å²) in [6.07, 6.45) is 2.70. The standard InChI is InChI=1S/C16H17NO3S/c1-4-19-14-6-11-5-9(2)20-13(11)7-12(14)16-17-8-15(21-16)10(3)18/h6-9H,4-5H2,1-3H3. The van der Waals surface area contributed by atoms with E-state index in [4.69, 9.17) is 9.47 Å². The van der Waals surface area contributed by atoms with Crippen LogP contribution in [0.1, 0.15) is 36.0 Å². The molecule has 5 heteroatoms. The number of carbonyl (C=O) groups is 1. The molecule has 2 aromatic rings. The Bertz CT molecular complexity index is 693. The number of ether oxygens (including phenoxy) is 2. The quantitative estimate of drug-likeness (QED) is 0.807. The Morgan fingerprint density at radius 1 is 1.52 bits per heavy atom. The fraction of sp³-hybridized carbons (Fsp3) is 0.375. The number of aromatic nitrogens is 1. The SMILES string of the molecule is CCOc1cc2c(cc1-c1ncc(C(C)=O)s1)OC(C)C2. The average molecular weight is 303 g/mol. The van der Waals surface area contributed by atoms with Gasteiger partial charge in [-0.15, -0.1) is 11.3 Å². The highest BCUT2D eigenvalue weighted by atomic mass is 32.1. The second-order valence-electron chi connectivity index (χ2n) is 5.11. The molecular weight excluding hydrogens is 286 g/mol. The van der Waals surface area contributed by atoms with Crippen molar-refractivity contribution in [1.29, 1.82) is 0 Å². The normalized spacial score (nSPS) is 16.4. The number of thiazole rings is 1. The molecule has 1 unspecified atom stereocenters. The lowest BCUT2D eigenvalue weighted by Gasteiger charge is -2.10. The summed E-state index contributed by atoms with van der Waals surface area (Å²) in [5.74, 6) is 1.72. The highest BCUT2D eigenvalue weighted by molar-refractivity contribution is 7.17. The fourth-order valence-electron chi connectivity index (χ4n) is 2.44. The van der Waals surface area contributed by atoms with Crippen molar-refractivity contribution in [1.82, 2.24) is 4.98 Å². The van der Waals surface area contributed by atoms with Gasteiger partial charge in [0.1, 0.15) is 22.6 Å². The van der Waals surface area contributed by atoms with E-state index in [0.29, 0.717) is 11.5 Å². The minimum atomic E-state index is 0.0303. The number of rotatable bonds is 4. The van der Waals surface area contributed by atoms with E-state index in [2.05, 4.69) is 11.9 Å². The van der Waals surface area contributed by atoms with Gasteiger partial charge in [-0.05, 0) is 26.0 Å². The zero-order valence-corrected chi connectivity index (χ0v) is 13.1. The zero-order valence-electron chi connectivity index (χ0n) is 12.3. The van der Waals surface area contributed by atoms with Crippen LogP contribution < -0.4 is 9.47 Å². The predicted molar refractivity (Wildman–Crippen MR) is 82.5 cm³/mol. The summed E-state index contributed by atoms with van der Waals surface area (Å²) in [6.45, 7) is 6.15. The Balaban J connectivity index is 2.07. The van der Waals surface area contributed by atoms with Crippen LogP contribution in [0.25, 0.3) is 10.6 Å². The highest BCUT2D eigenvalue weighted by Gasteiger charge is 2.23. The number of fused-ring (bicyclic) bond motifs is 1. The lowest BCUT2D eigenvalue weighted by molar-refractivity contribution is 0.102. The molecule has 1 atom stereocenters. The second-order valence-corrected chi connectivity index (χ2v) is 6.14. The second kappa shape index (κ2) is 5.48. The molecule has 0 saturated heterocycles. The Kier molecular flexibility index (Phi) is 3.68. The summed E-state index contributed by atoms with van der Waals surface area (Å²) in [6, 6.07) is 4.01. The maximum Gasteiger partial charge on any atom is 0.171 e. The summed E-state index contributed by atoms with van der Waals surface area (Å²) >= 11 is 1.38. The van der Waals surface area contributed by atoms with Crippen molar-refractivity contribution in [3.05, 3.63) is 28.8 Å². The first kappa shape index (κ1) is 14.1. The molecule has 0 saturated carbocycles. The Labute approximate surface area is 127 Å². The molecule has 0 amide bonds. The van der Waals surface area contributed by atoms with Crippen LogP contribution in [0, 0.1) is 0 Å². The van der Waals surface area contributed by atoms with E-state index >= 15 is 0 Å². The molecule has 0 aliphatic carbocycles. The molecule has 0 fully saturated rings. The summed E-state index contributed by atoms with van der Waals surface area (Å²) in [5, 5.41) is 0.787. The third-order valence-corrected chi connectivity index (χ3v) is 4.51. The van der Waals surface area contributed by atoms with Crippen molar-refractivity contribution < 1.29 is 14.3 Å². The van der Waals surface area contributed by atoms with Crippen molar-refractivity contribution >= 4 is 17.1 Å². The molecule has 1 aliphatic heterocycles. The van der Waals surface area contributed by atoms with Crippen molar-refractivity contribution in [2.75, 3.05) is 6.61 Å². The van der Waals surface area contributed by atoms with Gasteiger partial charge in [0.15, 0.2) is 5.78 Å². The van der Waals surface area contributed by atoms with E-state index < -0.39 is 0 Å². The lowest BCUT2D eigenvalue weighted by atomic mass is 10.1. The molecule has 1 aliphatic rings. The number of ketones is 1. The number of hydrogen-bond acceptors (Lipinski definition) is 5. The van der Waals surface area contributed by atoms with Crippen molar-refractivity contribution in [2.24, 2.45) is 0 Å². The van der Waals surface area contributed by atoms with Crippen molar-refractivity contribution in [3.63, 3.8) is 0 Å². The average Bonchev–Trinajstić information content (AvgIpc) is 3.03. The maximum absolute atomic E-state index is 11.4. The van der Waals surface area contributed by atoms with Gasteiger partial charge in [0.25, 0.3) is 0 Å². The third-order valence-electron chi connectivity index (χ3n) is 3.38. The van der Waals surface area contributed by atoms with E-state index in [-0.39, 0.29) is 11.9 Å². The van der Waals surface area contributed by atoms with E-state index in [1.807, 2.05) is 19.1 Å². The largest absolute Gasteiger partial charge is 0.493 e. The smallest absolute Gasteiger partial charge is 0.171 e. The van der Waals surface area contributed by atoms with Crippen molar-refractivity contribution in [3.8, 4) is 22.1 Å². The van der Waals surface area contributed by atoms with Gasteiger partial charge in [0.05, 0.1) is 17.0 Å². The van der Waals surface area contributed by atoms with Crippen molar-refractivity contribution in [2.45, 2.75) is 33.3 Å². The molecule has 4 nitrogen and oxygen atoms in total. The number of hydrogen-bond donors (Lipinski definition) is 0. The van der Waals surface area contributed by atoms with E-state index in [1.54, 1.807) is 13.1 Å². The van der Waals surface area contributed by atoms with E-state index in [9.17, 15) is 4.79 Å². The topological polar surface area (TPSA) is 48.4 Å². The summed E-state index contributed by atoms with van der Waals surface area (Å²) in [4.78, 5) is 16.5. The lowest BCUT2D eigenvalue weighted by Crippen LogP contribution is -2.05. The van der Waals surface area contributed by atoms with E-state index in [1.165, 1.54) is 11.3 Å². The van der Waals surface area contributed by atoms with Crippen LogP contribution >= 0.6 is 11.3 Å². The van der Waals surface area contributed by atoms with Gasteiger partial charge < -0.3 is 9.47 Å². The fourth-order valence-corrected chi connectivity index (χ4v) is 3.28. The molecule has 3 rings (SSSR count). The minimum Gasteiger partial charge on any atom is -0.493 e. The van der Waals surface area contributed by atoms with Gasteiger partial charge in [0, 0.05) is 25.1 Å². The Morgan fingerprint density at radius 2 is 2.33 bits per heavy atom. The monoisotopic (exact) mass is 303 g/mol. The number of carbonyl (C=O) groups excluding carboxylic acids is 1. The van der Waals surface area contributed by atoms with Gasteiger partial charge >= 0.3 is 0 Å². The number of Topliss-reactive ketones (excluding diaryl/α,β-unsaturated/α-hetero) is 1. The molecule has 2 heterocycles. The highest BCUT2D eigenvalue weighted by Crippen LogP contribution is 2.41. The van der Waals surface area contributed by atoms with Crippen LogP contribution in [0.2, 0.25) is 0 Å². The van der Waals surface area contributed by atoms with Gasteiger partial charge in [0.2, 0.25) is 0 Å². The predicted octanol–water partition coefficient (Wildman–Crippen LogP) is 3.73. The van der Waals surface area contributed by atoms with Crippen LogP contribution in [0.5, 0.6) is 11.5 Å². The van der Waals surface area contributed by atoms with Gasteiger partial charge in [-0.2, -0.15) is 0 Å². The first-order chi connectivity index (χ1) is 10.1. The first-order valence-corrected chi connectivity index (χ1v) is 7.83. The summed E-state index contributed by atoms with van der Waals surface area (Å²) < 4.78 is 11.6. The molecule has 110 valence electrons. The van der Waals surface area contributed by atoms with Gasteiger partial charge in [-0.25, -0.2) is 4.98 Å². The minimum absolute atomic E-state index is 0.0303. The van der Waals surface area contributed by atoms with Crippen LogP contribution in [-0.4, -0.2) is 23.5 Å². The first-order valence-electron chi connectivity index (χ1n) is 7.02. The van der Waals surface area contributed by atoms with Crippen LogP contribution in [-0.2, 0) is 6.42 Å². The van der Waals surface area contributed by atoms with E-state index in [0.717, 1.165) is 34.1 Å². The molecule has 21 heavy (non-hydrogen) atoms. The molecule has 0 bridgehead atoms. The molecule has 1 aromatic carbocycles. The van der Waals surface area contributed by atoms with Gasteiger partial charge in [-0.3, -0.25) is 4.79 Å².